The maximum atomic E-state index is 12.6. The van der Waals surface area contributed by atoms with Gasteiger partial charge in [-0.05, 0) is 47.0 Å². The first-order valence-electron chi connectivity index (χ1n) is 6.19. The van der Waals surface area contributed by atoms with Gasteiger partial charge in [-0.25, -0.2) is 0 Å². The molecule has 1 amide bonds. The first kappa shape index (κ1) is 13.9. The molecule has 0 spiro atoms. The summed E-state index contributed by atoms with van der Waals surface area (Å²) in [6.07, 6.45) is 2.42. The molecule has 0 heterocycles. The number of ether oxygens (including phenoxy) is 1. The summed E-state index contributed by atoms with van der Waals surface area (Å²) in [7, 11) is 1.58. The van der Waals surface area contributed by atoms with Crippen LogP contribution in [-0.4, -0.2) is 30.5 Å². The van der Waals surface area contributed by atoms with E-state index in [1.807, 2.05) is 0 Å². The minimum Gasteiger partial charge on any atom is -0.497 e. The molecule has 1 aliphatic carbocycles. The van der Waals surface area contributed by atoms with Crippen molar-refractivity contribution >= 4 is 21.8 Å². The Morgan fingerprint density at radius 2 is 2.32 bits per heavy atom. The molecule has 1 aliphatic rings. The highest BCUT2D eigenvalue weighted by molar-refractivity contribution is 9.10. The third kappa shape index (κ3) is 3.27. The third-order valence-electron chi connectivity index (χ3n) is 3.12. The number of benzene rings is 1. The zero-order valence-corrected chi connectivity index (χ0v) is 12.3. The van der Waals surface area contributed by atoms with E-state index in [1.165, 1.54) is 0 Å². The van der Waals surface area contributed by atoms with Crippen LogP contribution in [0.5, 0.6) is 5.75 Å². The van der Waals surface area contributed by atoms with E-state index in [2.05, 4.69) is 22.0 Å². The van der Waals surface area contributed by atoms with Crippen LogP contribution in [-0.2, 0) is 0 Å². The first-order chi connectivity index (χ1) is 9.17. The quantitative estimate of drug-likeness (QED) is 0.837. The number of carbonyl (C=O) groups is 1. The van der Waals surface area contributed by atoms with Crippen molar-refractivity contribution in [3.63, 3.8) is 0 Å². The first-order valence-corrected chi connectivity index (χ1v) is 6.98. The molecule has 1 fully saturated rings. The van der Waals surface area contributed by atoms with Gasteiger partial charge >= 0.3 is 0 Å². The van der Waals surface area contributed by atoms with Crippen LogP contribution in [0, 0.1) is 11.3 Å². The van der Waals surface area contributed by atoms with Gasteiger partial charge in [0.05, 0.1) is 25.2 Å². The second-order valence-electron chi connectivity index (χ2n) is 4.48. The van der Waals surface area contributed by atoms with Crippen LogP contribution in [0.15, 0.2) is 22.7 Å². The molecule has 0 unspecified atom stereocenters. The van der Waals surface area contributed by atoms with Crippen molar-refractivity contribution in [2.45, 2.75) is 25.3 Å². The minimum atomic E-state index is -0.0384. The van der Waals surface area contributed by atoms with Gasteiger partial charge in [0, 0.05) is 17.1 Å². The Morgan fingerprint density at radius 3 is 2.89 bits per heavy atom. The molecule has 0 atom stereocenters. The van der Waals surface area contributed by atoms with Gasteiger partial charge in [0.25, 0.3) is 5.91 Å². The summed E-state index contributed by atoms with van der Waals surface area (Å²) >= 11 is 3.40. The molecule has 5 heteroatoms. The maximum absolute atomic E-state index is 12.6. The van der Waals surface area contributed by atoms with Crippen molar-refractivity contribution in [1.29, 1.82) is 5.26 Å². The summed E-state index contributed by atoms with van der Waals surface area (Å²) < 4.78 is 5.90. The van der Waals surface area contributed by atoms with Crippen molar-refractivity contribution in [3.05, 3.63) is 28.2 Å². The molecule has 0 aliphatic heterocycles. The number of carbonyl (C=O) groups excluding carboxylic acids is 1. The fourth-order valence-corrected chi connectivity index (χ4v) is 2.37. The number of nitriles is 1. The van der Waals surface area contributed by atoms with Gasteiger partial charge in [0.2, 0.25) is 0 Å². The lowest BCUT2D eigenvalue weighted by molar-refractivity contribution is 0.0745. The van der Waals surface area contributed by atoms with Gasteiger partial charge in [-0.1, -0.05) is 0 Å². The number of halogens is 1. The minimum absolute atomic E-state index is 0.0384. The Labute approximate surface area is 121 Å². The Balaban J connectivity index is 2.23. The largest absolute Gasteiger partial charge is 0.497 e. The maximum Gasteiger partial charge on any atom is 0.255 e. The molecule has 0 radical (unpaired) electrons. The third-order valence-corrected chi connectivity index (χ3v) is 3.81. The molecule has 1 saturated carbocycles. The predicted molar refractivity (Wildman–Crippen MR) is 75.0 cm³/mol. The lowest BCUT2D eigenvalue weighted by atomic mass is 10.1. The van der Waals surface area contributed by atoms with E-state index in [1.54, 1.807) is 30.2 Å². The van der Waals surface area contributed by atoms with E-state index < -0.39 is 0 Å². The van der Waals surface area contributed by atoms with Gasteiger partial charge in [0.1, 0.15) is 5.75 Å². The number of hydrogen-bond acceptors (Lipinski definition) is 3. The Bertz CT molecular complexity index is 521. The molecule has 0 saturated heterocycles. The van der Waals surface area contributed by atoms with Crippen LogP contribution in [0.1, 0.15) is 29.6 Å². The van der Waals surface area contributed by atoms with Gasteiger partial charge in [-0.15, -0.1) is 0 Å². The van der Waals surface area contributed by atoms with Crippen LogP contribution in [0.2, 0.25) is 0 Å². The summed E-state index contributed by atoms with van der Waals surface area (Å²) in [6, 6.07) is 7.73. The lowest BCUT2D eigenvalue weighted by Crippen LogP contribution is -2.34. The summed E-state index contributed by atoms with van der Waals surface area (Å²) in [5.74, 6) is 0.617. The second-order valence-corrected chi connectivity index (χ2v) is 5.34. The lowest BCUT2D eigenvalue weighted by Gasteiger charge is -2.22. The number of methoxy groups -OCH3 is 1. The molecule has 2 rings (SSSR count). The van der Waals surface area contributed by atoms with Crippen LogP contribution >= 0.6 is 15.9 Å². The monoisotopic (exact) mass is 322 g/mol. The molecular weight excluding hydrogens is 308 g/mol. The van der Waals surface area contributed by atoms with E-state index >= 15 is 0 Å². The van der Waals surface area contributed by atoms with Crippen molar-refractivity contribution in [1.82, 2.24) is 4.90 Å². The topological polar surface area (TPSA) is 53.3 Å². The van der Waals surface area contributed by atoms with E-state index in [-0.39, 0.29) is 5.91 Å². The van der Waals surface area contributed by atoms with Crippen LogP contribution in [0.25, 0.3) is 0 Å². The highest BCUT2D eigenvalue weighted by atomic mass is 79.9. The zero-order valence-electron chi connectivity index (χ0n) is 10.7. The van der Waals surface area contributed by atoms with E-state index in [4.69, 9.17) is 10.00 Å². The summed E-state index contributed by atoms with van der Waals surface area (Å²) in [4.78, 5) is 14.3. The van der Waals surface area contributed by atoms with Crippen LogP contribution in [0.4, 0.5) is 0 Å². The summed E-state index contributed by atoms with van der Waals surface area (Å²) in [5.41, 5.74) is 0.587. The van der Waals surface area contributed by atoms with Gasteiger partial charge in [-0.2, -0.15) is 5.26 Å². The number of nitrogens with zero attached hydrogens (tertiary/aromatic N) is 2. The Hall–Kier alpha value is -1.54. The standard InChI is InChI=1S/C14H15BrN2O2/c1-19-11-5-6-13(15)12(9-11)14(18)17(8-2-7-16)10-3-4-10/h5-6,9-10H,2-4,8H2,1H3. The van der Waals surface area contributed by atoms with Crippen LogP contribution < -0.4 is 4.74 Å². The number of rotatable bonds is 5. The number of hydrogen-bond donors (Lipinski definition) is 0. The molecule has 1 aromatic carbocycles. The van der Waals surface area contributed by atoms with Crippen molar-refractivity contribution in [2.75, 3.05) is 13.7 Å². The number of amides is 1. The molecule has 0 aromatic heterocycles. The Kier molecular flexibility index (Phi) is 4.43. The average molecular weight is 323 g/mol. The van der Waals surface area contributed by atoms with Crippen LogP contribution in [0.3, 0.4) is 0 Å². The average Bonchev–Trinajstić information content (AvgIpc) is 3.24. The van der Waals surface area contributed by atoms with Crippen molar-refractivity contribution < 1.29 is 9.53 Å². The van der Waals surface area contributed by atoms with E-state index in [9.17, 15) is 4.79 Å². The molecule has 19 heavy (non-hydrogen) atoms. The predicted octanol–water partition coefficient (Wildman–Crippen LogP) is 2.98. The normalized spacial score (nSPS) is 13.7. The van der Waals surface area contributed by atoms with E-state index in [0.717, 1.165) is 17.3 Å². The molecule has 4 nitrogen and oxygen atoms in total. The van der Waals surface area contributed by atoms with Gasteiger partial charge in [-0.3, -0.25) is 4.79 Å². The van der Waals surface area contributed by atoms with E-state index in [0.29, 0.717) is 30.3 Å². The van der Waals surface area contributed by atoms with Gasteiger partial charge < -0.3 is 9.64 Å². The molecule has 0 N–H and O–H groups in total. The fraction of sp³-hybridized carbons (Fsp3) is 0.429. The van der Waals surface area contributed by atoms with Gasteiger partial charge in [0.15, 0.2) is 0 Å². The summed E-state index contributed by atoms with van der Waals surface area (Å²) in [5, 5.41) is 8.69. The second kappa shape index (κ2) is 6.07. The SMILES string of the molecule is COc1ccc(Br)c(C(=O)N(CCC#N)C2CC2)c1. The highest BCUT2D eigenvalue weighted by Crippen LogP contribution is 2.31. The molecule has 0 bridgehead atoms. The highest BCUT2D eigenvalue weighted by Gasteiger charge is 2.33. The fourth-order valence-electron chi connectivity index (χ4n) is 1.96. The van der Waals surface area contributed by atoms with Crippen molar-refractivity contribution in [3.8, 4) is 11.8 Å². The Morgan fingerprint density at radius 1 is 1.58 bits per heavy atom. The molecule has 100 valence electrons. The molecular formula is C14H15BrN2O2. The van der Waals surface area contributed by atoms with Crippen molar-refractivity contribution in [2.24, 2.45) is 0 Å². The summed E-state index contributed by atoms with van der Waals surface area (Å²) in [6.45, 7) is 0.490. The zero-order chi connectivity index (χ0) is 13.8. The molecule has 1 aromatic rings. The smallest absolute Gasteiger partial charge is 0.255 e.